The molecular formula is C15H16N2O2. The van der Waals surface area contributed by atoms with Crippen LogP contribution in [0.2, 0.25) is 0 Å². The molecule has 0 aromatic heterocycles. The van der Waals surface area contributed by atoms with Crippen LogP contribution in [0.25, 0.3) is 0 Å². The number of nitrogens with zero attached hydrogens (tertiary/aromatic N) is 1. The van der Waals surface area contributed by atoms with Gasteiger partial charge in [-0.3, -0.25) is 4.79 Å². The highest BCUT2D eigenvalue weighted by Gasteiger charge is 2.34. The number of benzene rings is 1. The van der Waals surface area contributed by atoms with E-state index in [2.05, 4.69) is 22.7 Å². The van der Waals surface area contributed by atoms with Gasteiger partial charge >= 0.3 is 0 Å². The Morgan fingerprint density at radius 1 is 1.26 bits per heavy atom. The van der Waals surface area contributed by atoms with Crippen molar-refractivity contribution in [3.63, 3.8) is 0 Å². The average Bonchev–Trinajstić information content (AvgIpc) is 3.02. The highest BCUT2D eigenvalue weighted by molar-refractivity contribution is 5.94. The Kier molecular flexibility index (Phi) is 3.07. The number of phenolic OH excluding ortho intramolecular Hbond substituents is 1. The highest BCUT2D eigenvalue weighted by atomic mass is 16.3. The number of phenols is 1. The summed E-state index contributed by atoms with van der Waals surface area (Å²) in [5.41, 5.74) is 3.02. The van der Waals surface area contributed by atoms with Crippen LogP contribution in [0.3, 0.4) is 0 Å². The summed E-state index contributed by atoms with van der Waals surface area (Å²) in [5, 5.41) is 13.2. The fourth-order valence-corrected chi connectivity index (χ4v) is 2.86. The van der Waals surface area contributed by atoms with E-state index in [1.165, 1.54) is 18.6 Å². The SMILES string of the molecule is O=C(N/N=C\[C@@H]1C[C@@H]2C=C[C@H]1C2)c1ccc(O)cc1. The number of fused-ring (bicyclic) bond motifs is 2. The Labute approximate surface area is 111 Å². The summed E-state index contributed by atoms with van der Waals surface area (Å²) in [4.78, 5) is 11.8. The molecule has 1 saturated carbocycles. The monoisotopic (exact) mass is 256 g/mol. The van der Waals surface area contributed by atoms with Crippen LogP contribution in [-0.2, 0) is 0 Å². The van der Waals surface area contributed by atoms with E-state index in [1.807, 2.05) is 6.21 Å². The molecular weight excluding hydrogens is 240 g/mol. The Morgan fingerprint density at radius 2 is 2.05 bits per heavy atom. The Morgan fingerprint density at radius 3 is 2.68 bits per heavy atom. The maximum Gasteiger partial charge on any atom is 0.271 e. The van der Waals surface area contributed by atoms with Crippen molar-refractivity contribution in [1.82, 2.24) is 5.43 Å². The summed E-state index contributed by atoms with van der Waals surface area (Å²) in [6.45, 7) is 0. The van der Waals surface area contributed by atoms with Gasteiger partial charge in [0.05, 0.1) is 0 Å². The zero-order valence-electron chi connectivity index (χ0n) is 10.5. The minimum Gasteiger partial charge on any atom is -0.508 e. The minimum absolute atomic E-state index is 0.147. The molecule has 4 heteroatoms. The molecule has 19 heavy (non-hydrogen) atoms. The number of hydrazone groups is 1. The molecule has 2 bridgehead atoms. The molecule has 3 atom stereocenters. The summed E-state index contributed by atoms with van der Waals surface area (Å²) >= 11 is 0. The second kappa shape index (κ2) is 4.88. The van der Waals surface area contributed by atoms with Gasteiger partial charge in [-0.05, 0) is 48.9 Å². The standard InChI is InChI=1S/C15H16N2O2/c18-14-5-3-11(4-6-14)15(19)17-16-9-13-8-10-1-2-12(13)7-10/h1-6,9-10,12-13,18H,7-8H2,(H,17,19)/b16-9-/t10-,12+,13+/m1/s1. The first-order valence-corrected chi connectivity index (χ1v) is 6.53. The van der Waals surface area contributed by atoms with Gasteiger partial charge in [0.2, 0.25) is 0 Å². The number of aromatic hydroxyl groups is 1. The third-order valence-corrected chi connectivity index (χ3v) is 3.89. The van der Waals surface area contributed by atoms with Crippen molar-refractivity contribution in [3.8, 4) is 5.75 Å². The van der Waals surface area contributed by atoms with E-state index < -0.39 is 0 Å². The molecule has 0 radical (unpaired) electrons. The first-order valence-electron chi connectivity index (χ1n) is 6.53. The summed E-state index contributed by atoms with van der Waals surface area (Å²) in [6, 6.07) is 6.11. The van der Waals surface area contributed by atoms with Gasteiger partial charge in [0.25, 0.3) is 5.91 Å². The number of allylic oxidation sites excluding steroid dienone is 2. The lowest BCUT2D eigenvalue weighted by Crippen LogP contribution is -2.19. The largest absolute Gasteiger partial charge is 0.508 e. The number of amides is 1. The molecule has 4 nitrogen and oxygen atoms in total. The zero-order valence-corrected chi connectivity index (χ0v) is 10.5. The summed E-state index contributed by atoms with van der Waals surface area (Å²) in [7, 11) is 0. The van der Waals surface area contributed by atoms with Crippen molar-refractivity contribution in [3.05, 3.63) is 42.0 Å². The van der Waals surface area contributed by atoms with E-state index in [0.717, 1.165) is 6.42 Å². The van der Waals surface area contributed by atoms with Gasteiger partial charge in [-0.15, -0.1) is 0 Å². The lowest BCUT2D eigenvalue weighted by atomic mass is 9.95. The molecule has 0 aliphatic heterocycles. The van der Waals surface area contributed by atoms with Crippen LogP contribution in [-0.4, -0.2) is 17.2 Å². The van der Waals surface area contributed by atoms with Crippen molar-refractivity contribution in [2.24, 2.45) is 22.9 Å². The van der Waals surface area contributed by atoms with Gasteiger partial charge < -0.3 is 5.11 Å². The van der Waals surface area contributed by atoms with Crippen LogP contribution in [0.15, 0.2) is 41.5 Å². The Balaban J connectivity index is 1.56. The van der Waals surface area contributed by atoms with Crippen LogP contribution >= 0.6 is 0 Å². The number of hydrogen-bond donors (Lipinski definition) is 2. The third-order valence-electron chi connectivity index (χ3n) is 3.89. The molecule has 1 aromatic rings. The Bertz CT molecular complexity index is 534. The molecule has 2 aliphatic rings. The molecule has 0 saturated heterocycles. The maximum atomic E-state index is 11.8. The smallest absolute Gasteiger partial charge is 0.271 e. The number of carbonyl (C=O) groups is 1. The predicted octanol–water partition coefficient (Wildman–Crippen LogP) is 2.32. The fraction of sp³-hybridized carbons (Fsp3) is 0.333. The average molecular weight is 256 g/mol. The van der Waals surface area contributed by atoms with Crippen LogP contribution in [0, 0.1) is 17.8 Å². The second-order valence-corrected chi connectivity index (χ2v) is 5.21. The number of rotatable bonds is 3. The fourth-order valence-electron chi connectivity index (χ4n) is 2.86. The van der Waals surface area contributed by atoms with Gasteiger partial charge in [0, 0.05) is 17.7 Å². The van der Waals surface area contributed by atoms with Crippen molar-refractivity contribution >= 4 is 12.1 Å². The first-order chi connectivity index (χ1) is 9.22. The number of hydrogen-bond acceptors (Lipinski definition) is 3. The van der Waals surface area contributed by atoms with E-state index in [9.17, 15) is 4.79 Å². The zero-order chi connectivity index (χ0) is 13.2. The number of carbonyl (C=O) groups excluding carboxylic acids is 1. The molecule has 0 spiro atoms. The molecule has 1 amide bonds. The topological polar surface area (TPSA) is 61.7 Å². The van der Waals surface area contributed by atoms with Crippen molar-refractivity contribution in [2.75, 3.05) is 0 Å². The predicted molar refractivity (Wildman–Crippen MR) is 72.9 cm³/mol. The van der Waals surface area contributed by atoms with Crippen LogP contribution in [0.4, 0.5) is 0 Å². The third kappa shape index (κ3) is 2.52. The van der Waals surface area contributed by atoms with E-state index >= 15 is 0 Å². The summed E-state index contributed by atoms with van der Waals surface area (Å²) in [6.07, 6.45) is 8.76. The molecule has 1 aromatic carbocycles. The van der Waals surface area contributed by atoms with E-state index in [0.29, 0.717) is 23.3 Å². The van der Waals surface area contributed by atoms with Crippen molar-refractivity contribution < 1.29 is 9.90 Å². The molecule has 1 fully saturated rings. The lowest BCUT2D eigenvalue weighted by Gasteiger charge is -2.11. The molecule has 0 unspecified atom stereocenters. The minimum atomic E-state index is -0.255. The molecule has 0 heterocycles. The van der Waals surface area contributed by atoms with Gasteiger partial charge in [-0.25, -0.2) is 5.43 Å². The lowest BCUT2D eigenvalue weighted by molar-refractivity contribution is 0.0955. The highest BCUT2D eigenvalue weighted by Crippen LogP contribution is 2.42. The normalized spacial score (nSPS) is 28.1. The van der Waals surface area contributed by atoms with Crippen LogP contribution in [0.1, 0.15) is 23.2 Å². The van der Waals surface area contributed by atoms with Gasteiger partial charge in [-0.1, -0.05) is 12.2 Å². The van der Waals surface area contributed by atoms with Crippen molar-refractivity contribution in [1.29, 1.82) is 0 Å². The summed E-state index contributed by atoms with van der Waals surface area (Å²) in [5.74, 6) is 1.65. The van der Waals surface area contributed by atoms with Gasteiger partial charge in [-0.2, -0.15) is 5.10 Å². The van der Waals surface area contributed by atoms with E-state index in [-0.39, 0.29) is 11.7 Å². The van der Waals surface area contributed by atoms with E-state index in [4.69, 9.17) is 5.11 Å². The molecule has 3 rings (SSSR count). The van der Waals surface area contributed by atoms with Crippen LogP contribution < -0.4 is 5.43 Å². The van der Waals surface area contributed by atoms with Gasteiger partial charge in [0.15, 0.2) is 0 Å². The number of nitrogens with one attached hydrogen (secondary N) is 1. The van der Waals surface area contributed by atoms with E-state index in [1.54, 1.807) is 12.1 Å². The second-order valence-electron chi connectivity index (χ2n) is 5.21. The molecule has 2 aliphatic carbocycles. The van der Waals surface area contributed by atoms with Crippen molar-refractivity contribution in [2.45, 2.75) is 12.8 Å². The first kappa shape index (κ1) is 12.0. The quantitative estimate of drug-likeness (QED) is 0.495. The maximum absolute atomic E-state index is 11.8. The molecule has 2 N–H and O–H groups in total. The summed E-state index contributed by atoms with van der Waals surface area (Å²) < 4.78 is 0. The molecule has 98 valence electrons. The van der Waals surface area contributed by atoms with Gasteiger partial charge in [0.1, 0.15) is 5.75 Å². The Hall–Kier alpha value is -2.10. The van der Waals surface area contributed by atoms with Crippen LogP contribution in [0.5, 0.6) is 5.75 Å².